The van der Waals surface area contributed by atoms with Crippen LogP contribution >= 0.6 is 15.9 Å². The first kappa shape index (κ1) is 9.73. The maximum atomic E-state index is 5.73. The number of nitrogen functional groups attached to an aromatic ring is 1. The van der Waals surface area contributed by atoms with Crippen LogP contribution in [0.3, 0.4) is 0 Å². The monoisotopic (exact) mass is 256 g/mol. The zero-order valence-electron chi connectivity index (χ0n) is 7.83. The van der Waals surface area contributed by atoms with E-state index in [2.05, 4.69) is 31.1 Å². The van der Waals surface area contributed by atoms with Crippen molar-refractivity contribution in [2.24, 2.45) is 0 Å². The summed E-state index contributed by atoms with van der Waals surface area (Å²) in [6.45, 7) is 4.08. The Balaban J connectivity index is 2.26. The number of aromatic nitrogens is 1. The van der Waals surface area contributed by atoms with E-state index < -0.39 is 0 Å². The van der Waals surface area contributed by atoms with E-state index in [1.54, 1.807) is 6.20 Å². The average Bonchev–Trinajstić information content (AvgIpc) is 2.23. The lowest BCUT2D eigenvalue weighted by molar-refractivity contribution is 0.588. The number of piperazine rings is 1. The second kappa shape index (κ2) is 4.14. The van der Waals surface area contributed by atoms with Gasteiger partial charge in [0.25, 0.3) is 0 Å². The first-order valence-electron chi connectivity index (χ1n) is 4.64. The molecule has 4 nitrogen and oxygen atoms in total. The summed E-state index contributed by atoms with van der Waals surface area (Å²) in [4.78, 5) is 6.33. The minimum atomic E-state index is 0.557. The molecule has 14 heavy (non-hydrogen) atoms. The zero-order valence-corrected chi connectivity index (χ0v) is 9.42. The molecule has 0 aromatic carbocycles. The highest BCUT2D eigenvalue weighted by Gasteiger charge is 2.14. The largest absolute Gasteiger partial charge is 0.383 e. The summed E-state index contributed by atoms with van der Waals surface area (Å²) in [5.74, 6) is 0.557. The first-order chi connectivity index (χ1) is 6.79. The summed E-state index contributed by atoms with van der Waals surface area (Å²) in [6.07, 6.45) is 1.75. The molecule has 76 valence electrons. The molecule has 2 rings (SSSR count). The molecule has 0 amide bonds. The van der Waals surface area contributed by atoms with Crippen LogP contribution in [0.1, 0.15) is 0 Å². The lowest BCUT2D eigenvalue weighted by Crippen LogP contribution is -2.43. The van der Waals surface area contributed by atoms with Crippen LogP contribution in [0.4, 0.5) is 11.5 Å². The third-order valence-corrected chi connectivity index (χ3v) is 3.17. The predicted molar refractivity (Wildman–Crippen MR) is 61.4 cm³/mol. The molecule has 5 heteroatoms. The van der Waals surface area contributed by atoms with Crippen LogP contribution in [0.25, 0.3) is 0 Å². The van der Waals surface area contributed by atoms with Crippen molar-refractivity contribution in [2.45, 2.75) is 0 Å². The van der Waals surface area contributed by atoms with Crippen molar-refractivity contribution in [3.05, 3.63) is 16.7 Å². The molecule has 3 N–H and O–H groups in total. The summed E-state index contributed by atoms with van der Waals surface area (Å²) >= 11 is 3.47. The van der Waals surface area contributed by atoms with Crippen LogP contribution in [0.15, 0.2) is 16.7 Å². The predicted octanol–water partition coefficient (Wildman–Crippen LogP) is 0.836. The van der Waals surface area contributed by atoms with Crippen molar-refractivity contribution < 1.29 is 0 Å². The lowest BCUT2D eigenvalue weighted by atomic mass is 10.3. The Bertz CT molecular complexity index is 323. The van der Waals surface area contributed by atoms with Gasteiger partial charge in [-0.25, -0.2) is 4.98 Å². The van der Waals surface area contributed by atoms with Gasteiger partial charge < -0.3 is 16.0 Å². The molecule has 1 fully saturated rings. The molecule has 0 atom stereocenters. The molecule has 0 unspecified atom stereocenters. The maximum Gasteiger partial charge on any atom is 0.139 e. The summed E-state index contributed by atoms with van der Waals surface area (Å²) in [6, 6.07) is 1.99. The fourth-order valence-corrected chi connectivity index (χ4v) is 2.08. The van der Waals surface area contributed by atoms with E-state index in [1.807, 2.05) is 6.07 Å². The maximum absolute atomic E-state index is 5.73. The summed E-state index contributed by atoms with van der Waals surface area (Å²) in [5.41, 5.74) is 6.86. The van der Waals surface area contributed by atoms with Gasteiger partial charge in [-0.15, -0.1) is 0 Å². The number of nitrogens with zero attached hydrogens (tertiary/aromatic N) is 2. The van der Waals surface area contributed by atoms with E-state index in [4.69, 9.17) is 5.73 Å². The van der Waals surface area contributed by atoms with E-state index >= 15 is 0 Å². The third kappa shape index (κ3) is 1.83. The molecule has 1 saturated heterocycles. The van der Waals surface area contributed by atoms with Gasteiger partial charge in [-0.2, -0.15) is 0 Å². The van der Waals surface area contributed by atoms with Crippen molar-refractivity contribution in [3.63, 3.8) is 0 Å². The van der Waals surface area contributed by atoms with E-state index in [0.717, 1.165) is 36.3 Å². The SMILES string of the molecule is Nc1nccc(N2CCNCC2)c1Br. The van der Waals surface area contributed by atoms with Crippen LogP contribution in [0.5, 0.6) is 0 Å². The average molecular weight is 257 g/mol. The van der Waals surface area contributed by atoms with Gasteiger partial charge in [-0.1, -0.05) is 0 Å². The minimum absolute atomic E-state index is 0.557. The molecular weight excluding hydrogens is 244 g/mol. The number of hydrogen-bond donors (Lipinski definition) is 2. The number of anilines is 2. The molecule has 0 bridgehead atoms. The highest BCUT2D eigenvalue weighted by molar-refractivity contribution is 9.10. The van der Waals surface area contributed by atoms with Gasteiger partial charge in [-0.3, -0.25) is 0 Å². The van der Waals surface area contributed by atoms with Gasteiger partial charge in [0, 0.05) is 32.4 Å². The zero-order chi connectivity index (χ0) is 9.97. The summed E-state index contributed by atoms with van der Waals surface area (Å²) in [5, 5.41) is 3.31. The lowest BCUT2D eigenvalue weighted by Gasteiger charge is -2.30. The first-order valence-corrected chi connectivity index (χ1v) is 5.44. The smallest absolute Gasteiger partial charge is 0.139 e. The van der Waals surface area contributed by atoms with Crippen LogP contribution in [0, 0.1) is 0 Å². The Morgan fingerprint density at radius 1 is 1.43 bits per heavy atom. The molecule has 0 radical (unpaired) electrons. The van der Waals surface area contributed by atoms with E-state index in [0.29, 0.717) is 5.82 Å². The number of rotatable bonds is 1. The second-order valence-electron chi connectivity index (χ2n) is 3.27. The standard InChI is InChI=1S/C9H13BrN4/c10-8-7(1-2-13-9(8)11)14-5-3-12-4-6-14/h1-2,12H,3-6H2,(H2,11,13). The normalized spacial score (nSPS) is 17.1. The Labute approximate surface area is 91.6 Å². The van der Waals surface area contributed by atoms with Gasteiger partial charge in [0.05, 0.1) is 10.2 Å². The van der Waals surface area contributed by atoms with Crippen LogP contribution in [-0.2, 0) is 0 Å². The minimum Gasteiger partial charge on any atom is -0.383 e. The Morgan fingerprint density at radius 3 is 2.86 bits per heavy atom. The number of hydrogen-bond acceptors (Lipinski definition) is 4. The van der Waals surface area contributed by atoms with Crippen molar-refractivity contribution in [1.82, 2.24) is 10.3 Å². The topological polar surface area (TPSA) is 54.2 Å². The van der Waals surface area contributed by atoms with Gasteiger partial charge in [0.15, 0.2) is 0 Å². The molecule has 0 aliphatic carbocycles. The fraction of sp³-hybridized carbons (Fsp3) is 0.444. The van der Waals surface area contributed by atoms with Gasteiger partial charge in [-0.05, 0) is 22.0 Å². The number of pyridine rings is 1. The molecule has 1 aromatic rings. The molecule has 1 aromatic heterocycles. The van der Waals surface area contributed by atoms with Crippen molar-refractivity contribution in [2.75, 3.05) is 36.8 Å². The fourth-order valence-electron chi connectivity index (χ4n) is 1.60. The molecular formula is C9H13BrN4. The van der Waals surface area contributed by atoms with Crippen molar-refractivity contribution in [1.29, 1.82) is 0 Å². The number of nitrogens with one attached hydrogen (secondary N) is 1. The van der Waals surface area contributed by atoms with Crippen LogP contribution < -0.4 is 16.0 Å². The number of halogens is 1. The summed E-state index contributed by atoms with van der Waals surface area (Å²) < 4.78 is 0.905. The highest BCUT2D eigenvalue weighted by atomic mass is 79.9. The van der Waals surface area contributed by atoms with Crippen LogP contribution in [0.2, 0.25) is 0 Å². The number of nitrogens with two attached hydrogens (primary N) is 1. The van der Waals surface area contributed by atoms with Crippen molar-refractivity contribution >= 4 is 27.4 Å². The van der Waals surface area contributed by atoms with Crippen molar-refractivity contribution in [3.8, 4) is 0 Å². The van der Waals surface area contributed by atoms with Gasteiger partial charge in [0.2, 0.25) is 0 Å². The third-order valence-electron chi connectivity index (χ3n) is 2.35. The summed E-state index contributed by atoms with van der Waals surface area (Å²) in [7, 11) is 0. The highest BCUT2D eigenvalue weighted by Crippen LogP contribution is 2.29. The van der Waals surface area contributed by atoms with Gasteiger partial charge >= 0.3 is 0 Å². The second-order valence-corrected chi connectivity index (χ2v) is 4.06. The molecule has 1 aliphatic rings. The van der Waals surface area contributed by atoms with E-state index in [1.165, 1.54) is 0 Å². The van der Waals surface area contributed by atoms with E-state index in [9.17, 15) is 0 Å². The Kier molecular flexibility index (Phi) is 2.88. The quantitative estimate of drug-likeness (QED) is 0.782. The Morgan fingerprint density at radius 2 is 2.14 bits per heavy atom. The molecule has 1 aliphatic heterocycles. The Hall–Kier alpha value is -0.810. The molecule has 0 saturated carbocycles. The van der Waals surface area contributed by atoms with E-state index in [-0.39, 0.29) is 0 Å². The molecule has 0 spiro atoms. The van der Waals surface area contributed by atoms with Crippen LogP contribution in [-0.4, -0.2) is 31.2 Å². The molecule has 2 heterocycles. The van der Waals surface area contributed by atoms with Gasteiger partial charge in [0.1, 0.15) is 5.82 Å².